The molecule has 0 unspecified atom stereocenters. The summed E-state index contributed by atoms with van der Waals surface area (Å²) in [5.41, 5.74) is 1.97. The van der Waals surface area contributed by atoms with Gasteiger partial charge in [0.2, 0.25) is 0 Å². The standard InChI is InChI=1S/C13H13BrN2O2S2/c1-16(5-7-4-9(14)19-6-7)13-15-10(8-2-3-8)11(20-13)12(17)18/h4,6,8H,2-3,5H2,1H3,(H,17,18). The van der Waals surface area contributed by atoms with Crippen molar-refractivity contribution in [3.63, 3.8) is 0 Å². The van der Waals surface area contributed by atoms with Gasteiger partial charge in [0, 0.05) is 19.5 Å². The second-order valence-corrected chi connectivity index (χ2v) is 8.17. The number of aromatic nitrogens is 1. The summed E-state index contributed by atoms with van der Waals surface area (Å²) in [5.74, 6) is -0.503. The smallest absolute Gasteiger partial charge is 0.347 e. The minimum Gasteiger partial charge on any atom is -0.477 e. The highest BCUT2D eigenvalue weighted by molar-refractivity contribution is 9.11. The molecule has 7 heteroatoms. The van der Waals surface area contributed by atoms with Gasteiger partial charge in [-0.1, -0.05) is 11.3 Å². The van der Waals surface area contributed by atoms with Crippen molar-refractivity contribution in [1.82, 2.24) is 4.98 Å². The van der Waals surface area contributed by atoms with E-state index in [1.165, 1.54) is 16.9 Å². The Morgan fingerprint density at radius 1 is 1.60 bits per heavy atom. The molecule has 2 aromatic heterocycles. The van der Waals surface area contributed by atoms with Crippen molar-refractivity contribution in [2.45, 2.75) is 25.3 Å². The first-order chi connectivity index (χ1) is 9.54. The van der Waals surface area contributed by atoms with Gasteiger partial charge in [-0.15, -0.1) is 11.3 Å². The topological polar surface area (TPSA) is 53.4 Å². The van der Waals surface area contributed by atoms with Crippen LogP contribution >= 0.6 is 38.6 Å². The Bertz CT molecular complexity index is 649. The molecule has 1 N–H and O–H groups in total. The maximum absolute atomic E-state index is 11.3. The Kier molecular flexibility index (Phi) is 3.83. The number of thiophene rings is 1. The number of carbonyl (C=O) groups is 1. The van der Waals surface area contributed by atoms with E-state index >= 15 is 0 Å². The van der Waals surface area contributed by atoms with Crippen molar-refractivity contribution in [3.8, 4) is 0 Å². The summed E-state index contributed by atoms with van der Waals surface area (Å²) in [6, 6.07) is 2.08. The van der Waals surface area contributed by atoms with Crippen LogP contribution in [0.1, 0.15) is 39.7 Å². The molecule has 4 nitrogen and oxygen atoms in total. The third kappa shape index (κ3) is 2.89. The van der Waals surface area contributed by atoms with Crippen LogP contribution in [0.4, 0.5) is 5.13 Å². The minimum atomic E-state index is -0.859. The first-order valence-corrected chi connectivity index (χ1v) is 8.71. The van der Waals surface area contributed by atoms with E-state index in [1.54, 1.807) is 11.3 Å². The molecule has 0 amide bonds. The van der Waals surface area contributed by atoms with Gasteiger partial charge in [-0.25, -0.2) is 9.78 Å². The average molecular weight is 373 g/mol. The van der Waals surface area contributed by atoms with Crippen molar-refractivity contribution >= 4 is 49.7 Å². The van der Waals surface area contributed by atoms with Crippen LogP contribution in [0.5, 0.6) is 0 Å². The molecule has 0 atom stereocenters. The van der Waals surface area contributed by atoms with Crippen molar-refractivity contribution in [3.05, 3.63) is 31.4 Å². The predicted octanol–water partition coefficient (Wildman–Crippen LogP) is 4.18. The van der Waals surface area contributed by atoms with Gasteiger partial charge >= 0.3 is 5.97 Å². The number of carboxylic acids is 1. The van der Waals surface area contributed by atoms with Gasteiger partial charge in [-0.05, 0) is 45.8 Å². The third-order valence-electron chi connectivity index (χ3n) is 3.17. The number of anilines is 1. The molecular weight excluding hydrogens is 360 g/mol. The fourth-order valence-corrected chi connectivity index (χ4v) is 4.19. The molecule has 0 spiro atoms. The molecule has 106 valence electrons. The zero-order valence-corrected chi connectivity index (χ0v) is 14.0. The highest BCUT2D eigenvalue weighted by Crippen LogP contribution is 2.44. The molecule has 0 bridgehead atoms. The summed E-state index contributed by atoms with van der Waals surface area (Å²) >= 11 is 6.38. The first-order valence-electron chi connectivity index (χ1n) is 6.22. The molecule has 2 heterocycles. The number of hydrogen-bond donors (Lipinski definition) is 1. The van der Waals surface area contributed by atoms with E-state index < -0.39 is 5.97 Å². The Balaban J connectivity index is 1.82. The van der Waals surface area contributed by atoms with Crippen LogP contribution in [0.25, 0.3) is 0 Å². The van der Waals surface area contributed by atoms with E-state index in [0.29, 0.717) is 10.8 Å². The number of hydrogen-bond acceptors (Lipinski definition) is 5. The monoisotopic (exact) mass is 372 g/mol. The molecule has 2 aromatic rings. The summed E-state index contributed by atoms with van der Waals surface area (Å²) in [5, 5.41) is 12.2. The second kappa shape index (κ2) is 5.46. The van der Waals surface area contributed by atoms with Gasteiger partial charge in [-0.3, -0.25) is 0 Å². The number of rotatable bonds is 5. The maximum Gasteiger partial charge on any atom is 0.347 e. The number of thiazole rings is 1. The van der Waals surface area contributed by atoms with Gasteiger partial charge in [0.05, 0.1) is 9.48 Å². The third-order valence-corrected chi connectivity index (χ3v) is 5.90. The van der Waals surface area contributed by atoms with E-state index in [4.69, 9.17) is 0 Å². The number of carboxylic acid groups (broad SMARTS) is 1. The van der Waals surface area contributed by atoms with Gasteiger partial charge in [-0.2, -0.15) is 0 Å². The molecule has 0 saturated heterocycles. The van der Waals surface area contributed by atoms with Gasteiger partial charge in [0.25, 0.3) is 0 Å². The lowest BCUT2D eigenvalue weighted by Crippen LogP contribution is -2.15. The lowest BCUT2D eigenvalue weighted by molar-refractivity contribution is 0.0700. The summed E-state index contributed by atoms with van der Waals surface area (Å²) in [4.78, 5) is 18.3. The van der Waals surface area contributed by atoms with E-state index in [9.17, 15) is 9.90 Å². The number of nitrogens with zero attached hydrogens (tertiary/aromatic N) is 2. The lowest BCUT2D eigenvalue weighted by Gasteiger charge is -2.14. The second-order valence-electron chi connectivity index (χ2n) is 4.91. The van der Waals surface area contributed by atoms with Crippen LogP contribution in [0.15, 0.2) is 15.2 Å². The quantitative estimate of drug-likeness (QED) is 0.854. The average Bonchev–Trinajstić information content (AvgIpc) is 3.00. The highest BCUT2D eigenvalue weighted by atomic mass is 79.9. The van der Waals surface area contributed by atoms with Crippen LogP contribution in [0, 0.1) is 0 Å². The van der Waals surface area contributed by atoms with Crippen LogP contribution < -0.4 is 4.90 Å². The molecule has 20 heavy (non-hydrogen) atoms. The Morgan fingerprint density at radius 2 is 2.35 bits per heavy atom. The Labute approximate surface area is 133 Å². The predicted molar refractivity (Wildman–Crippen MR) is 85.2 cm³/mol. The van der Waals surface area contributed by atoms with Gasteiger partial charge < -0.3 is 10.0 Å². The van der Waals surface area contributed by atoms with Gasteiger partial charge in [0.15, 0.2) is 5.13 Å². The molecular formula is C13H13BrN2O2S2. The fourth-order valence-electron chi connectivity index (χ4n) is 2.04. The lowest BCUT2D eigenvalue weighted by atomic mass is 10.2. The normalized spacial score (nSPS) is 14.5. The number of aromatic carboxylic acids is 1. The van der Waals surface area contributed by atoms with Crippen LogP contribution in [0.2, 0.25) is 0 Å². The maximum atomic E-state index is 11.3. The molecule has 1 saturated carbocycles. The molecule has 1 aliphatic carbocycles. The largest absolute Gasteiger partial charge is 0.477 e. The summed E-state index contributed by atoms with van der Waals surface area (Å²) < 4.78 is 1.10. The fraction of sp³-hybridized carbons (Fsp3) is 0.385. The summed E-state index contributed by atoms with van der Waals surface area (Å²) in [6.45, 7) is 0.735. The van der Waals surface area contributed by atoms with Crippen molar-refractivity contribution in [1.29, 1.82) is 0 Å². The van der Waals surface area contributed by atoms with E-state index in [1.807, 2.05) is 11.9 Å². The van der Waals surface area contributed by atoms with Crippen molar-refractivity contribution in [2.24, 2.45) is 0 Å². The Hall–Kier alpha value is -0.920. The molecule has 1 fully saturated rings. The van der Waals surface area contributed by atoms with Gasteiger partial charge in [0.1, 0.15) is 4.88 Å². The molecule has 0 radical (unpaired) electrons. The van der Waals surface area contributed by atoms with Crippen LogP contribution in [0.3, 0.4) is 0 Å². The number of halogens is 1. The van der Waals surface area contributed by atoms with E-state index in [-0.39, 0.29) is 0 Å². The van der Waals surface area contributed by atoms with E-state index in [2.05, 4.69) is 32.4 Å². The molecule has 0 aromatic carbocycles. The summed E-state index contributed by atoms with van der Waals surface area (Å²) in [6.07, 6.45) is 2.12. The minimum absolute atomic E-state index is 0.356. The molecule has 0 aliphatic heterocycles. The Morgan fingerprint density at radius 3 is 2.90 bits per heavy atom. The van der Waals surface area contributed by atoms with Crippen LogP contribution in [-0.4, -0.2) is 23.1 Å². The first kappa shape index (κ1) is 14.0. The molecule has 1 aliphatic rings. The zero-order chi connectivity index (χ0) is 14.3. The SMILES string of the molecule is CN(Cc1csc(Br)c1)c1nc(C2CC2)c(C(=O)O)s1. The zero-order valence-electron chi connectivity index (χ0n) is 10.8. The van der Waals surface area contributed by atoms with Crippen LogP contribution in [-0.2, 0) is 6.54 Å². The van der Waals surface area contributed by atoms with Crippen molar-refractivity contribution < 1.29 is 9.90 Å². The highest BCUT2D eigenvalue weighted by Gasteiger charge is 2.32. The summed E-state index contributed by atoms with van der Waals surface area (Å²) in [7, 11) is 1.95. The molecule has 3 rings (SSSR count). The van der Waals surface area contributed by atoms with Crippen molar-refractivity contribution in [2.75, 3.05) is 11.9 Å². The van der Waals surface area contributed by atoms with E-state index in [0.717, 1.165) is 34.0 Å².